The fourth-order valence-electron chi connectivity index (χ4n) is 0.941. The second kappa shape index (κ2) is 5.83. The molecule has 0 fully saturated rings. The molecule has 0 spiro atoms. The summed E-state index contributed by atoms with van der Waals surface area (Å²) in [6, 6.07) is 5.70. The molecular weight excluding hydrogens is 231 g/mol. The number of rotatable bonds is 3. The summed E-state index contributed by atoms with van der Waals surface area (Å²) in [5.74, 6) is 0.538. The van der Waals surface area contributed by atoms with Crippen molar-refractivity contribution < 1.29 is 22.8 Å². The summed E-state index contributed by atoms with van der Waals surface area (Å²) in [6.07, 6.45) is 0. The van der Waals surface area contributed by atoms with Crippen LogP contribution in [0.1, 0.15) is 11.0 Å². The number of hydrogen-bond acceptors (Lipinski definition) is 4. The molecule has 7 heteroatoms. The summed E-state index contributed by atoms with van der Waals surface area (Å²) in [6.45, 7) is 0. The molecule has 0 aliphatic carbocycles. The van der Waals surface area contributed by atoms with Crippen LogP contribution < -0.4 is 4.74 Å². The van der Waals surface area contributed by atoms with Crippen molar-refractivity contribution in [3.8, 4) is 5.75 Å². The Morgan fingerprint density at radius 1 is 1.27 bits per heavy atom. The largest absolute Gasteiger partial charge is 0.497 e. The third-order valence-corrected chi connectivity index (χ3v) is 2.52. The Labute approximate surface area is 110 Å². The van der Waals surface area contributed by atoms with E-state index in [-0.39, 0.29) is 35.1 Å². The van der Waals surface area contributed by atoms with Crippen LogP contribution in [0.25, 0.3) is 0 Å². The molecule has 1 aromatic carbocycles. The smallest absolute Gasteiger partial charge is 0.296 e. The van der Waals surface area contributed by atoms with E-state index >= 15 is 0 Å². The van der Waals surface area contributed by atoms with Gasteiger partial charge in [-0.1, -0.05) is 12.1 Å². The molecule has 0 amide bonds. The molecule has 0 aromatic heterocycles. The summed E-state index contributed by atoms with van der Waals surface area (Å²) in [7, 11) is -2.99. The standard InChI is InChI=1S/C8H10O5S.Na/c1-13-7-4-2-6(3-5-7)8(9)14(10,11)12;/h2-5,8-9H,1H3,(H,10,11,12);. The molecule has 0 bridgehead atoms. The van der Waals surface area contributed by atoms with Crippen molar-refractivity contribution >= 4 is 39.7 Å². The van der Waals surface area contributed by atoms with Crippen LogP contribution in [0.4, 0.5) is 0 Å². The van der Waals surface area contributed by atoms with Gasteiger partial charge in [-0.05, 0) is 17.7 Å². The van der Waals surface area contributed by atoms with Gasteiger partial charge in [0.15, 0.2) is 0 Å². The van der Waals surface area contributed by atoms with Gasteiger partial charge in [0, 0.05) is 29.6 Å². The maximum Gasteiger partial charge on any atom is 0.296 e. The first-order valence-electron chi connectivity index (χ1n) is 3.73. The average molecular weight is 241 g/mol. The quantitative estimate of drug-likeness (QED) is 0.583. The van der Waals surface area contributed by atoms with Crippen molar-refractivity contribution in [2.24, 2.45) is 0 Å². The predicted molar refractivity (Wildman–Crippen MR) is 55.3 cm³/mol. The first-order valence-corrected chi connectivity index (χ1v) is 5.24. The maximum absolute atomic E-state index is 10.6. The van der Waals surface area contributed by atoms with Crippen LogP contribution in [0.5, 0.6) is 5.75 Å². The first-order chi connectivity index (χ1) is 6.45. The predicted octanol–water partition coefficient (Wildman–Crippen LogP) is 0.193. The van der Waals surface area contributed by atoms with Crippen molar-refractivity contribution in [2.45, 2.75) is 5.44 Å². The van der Waals surface area contributed by atoms with E-state index in [1.54, 1.807) is 0 Å². The van der Waals surface area contributed by atoms with Gasteiger partial charge in [0.2, 0.25) is 5.44 Å². The van der Waals surface area contributed by atoms with Crippen LogP contribution in [-0.2, 0) is 10.1 Å². The molecule has 1 rings (SSSR count). The van der Waals surface area contributed by atoms with Gasteiger partial charge in [0.1, 0.15) is 5.75 Å². The van der Waals surface area contributed by atoms with Crippen molar-refractivity contribution in [3.63, 3.8) is 0 Å². The summed E-state index contributed by atoms with van der Waals surface area (Å²) < 4.78 is 34.5. The number of ether oxygens (including phenoxy) is 1. The van der Waals surface area contributed by atoms with Crippen LogP contribution in [-0.4, -0.2) is 54.7 Å². The minimum Gasteiger partial charge on any atom is -0.497 e. The minimum atomic E-state index is -4.46. The fourth-order valence-corrected chi connectivity index (χ4v) is 1.44. The van der Waals surface area contributed by atoms with Crippen LogP contribution >= 0.6 is 0 Å². The summed E-state index contributed by atoms with van der Waals surface area (Å²) >= 11 is 0. The number of methoxy groups -OCH3 is 1. The molecule has 1 aromatic rings. The number of aliphatic hydroxyl groups excluding tert-OH is 1. The van der Waals surface area contributed by atoms with Crippen molar-refractivity contribution in [1.82, 2.24) is 0 Å². The van der Waals surface area contributed by atoms with Crippen molar-refractivity contribution in [2.75, 3.05) is 7.11 Å². The average Bonchev–Trinajstić information content (AvgIpc) is 2.15. The molecule has 2 N–H and O–H groups in total. The van der Waals surface area contributed by atoms with E-state index in [0.29, 0.717) is 5.75 Å². The van der Waals surface area contributed by atoms with Crippen LogP contribution in [0, 0.1) is 0 Å². The molecule has 0 saturated carbocycles. The van der Waals surface area contributed by atoms with Gasteiger partial charge in [0.25, 0.3) is 10.1 Å². The third kappa shape index (κ3) is 4.10. The molecule has 0 saturated heterocycles. The monoisotopic (exact) mass is 241 g/mol. The SMILES string of the molecule is COc1ccc(C(O)S(=O)(=O)O)cc1.[Na]. The van der Waals surface area contributed by atoms with Crippen LogP contribution in [0.3, 0.4) is 0 Å². The zero-order valence-corrected chi connectivity index (χ0v) is 11.2. The van der Waals surface area contributed by atoms with Crippen molar-refractivity contribution in [3.05, 3.63) is 29.8 Å². The number of aliphatic hydroxyl groups is 1. The zero-order valence-electron chi connectivity index (χ0n) is 8.41. The van der Waals surface area contributed by atoms with Crippen LogP contribution in [0.15, 0.2) is 24.3 Å². The van der Waals surface area contributed by atoms with Gasteiger partial charge >= 0.3 is 0 Å². The first kappa shape index (κ1) is 14.9. The van der Waals surface area contributed by atoms with E-state index in [0.717, 1.165) is 0 Å². The Balaban J connectivity index is 0.00000196. The molecule has 0 heterocycles. The topological polar surface area (TPSA) is 83.8 Å². The summed E-state index contributed by atoms with van der Waals surface area (Å²) in [4.78, 5) is 0. The second-order valence-corrected chi connectivity index (χ2v) is 4.12. The van der Waals surface area contributed by atoms with Gasteiger partial charge in [-0.25, -0.2) is 0 Å². The van der Waals surface area contributed by atoms with Crippen LogP contribution in [0.2, 0.25) is 0 Å². The second-order valence-electron chi connectivity index (χ2n) is 2.64. The van der Waals surface area contributed by atoms with E-state index in [2.05, 4.69) is 0 Å². The third-order valence-electron chi connectivity index (χ3n) is 1.68. The Morgan fingerprint density at radius 2 is 1.73 bits per heavy atom. The maximum atomic E-state index is 10.6. The molecule has 0 aliphatic rings. The van der Waals surface area contributed by atoms with E-state index in [9.17, 15) is 8.42 Å². The molecule has 1 atom stereocenters. The zero-order chi connectivity index (χ0) is 10.8. The Kier molecular flexibility index (Phi) is 5.79. The van der Waals surface area contributed by atoms with E-state index in [1.165, 1.54) is 31.4 Å². The minimum absolute atomic E-state index is 0. The van der Waals surface area contributed by atoms with E-state index in [1.807, 2.05) is 0 Å². The Bertz CT molecular complexity index is 400. The molecule has 1 unspecified atom stereocenters. The molecule has 0 aliphatic heterocycles. The summed E-state index contributed by atoms with van der Waals surface area (Å²) in [5.41, 5.74) is -1.82. The van der Waals surface area contributed by atoms with Gasteiger partial charge in [-0.2, -0.15) is 8.42 Å². The number of hydrogen-bond donors (Lipinski definition) is 2. The summed E-state index contributed by atoms with van der Waals surface area (Å²) in [5, 5.41) is 9.14. The Morgan fingerprint density at radius 3 is 2.07 bits per heavy atom. The normalized spacial score (nSPS) is 12.7. The van der Waals surface area contributed by atoms with E-state index in [4.69, 9.17) is 14.4 Å². The molecule has 79 valence electrons. The molecule has 5 nitrogen and oxygen atoms in total. The van der Waals surface area contributed by atoms with E-state index < -0.39 is 15.6 Å². The van der Waals surface area contributed by atoms with Crippen molar-refractivity contribution in [1.29, 1.82) is 0 Å². The van der Waals surface area contributed by atoms with Gasteiger partial charge < -0.3 is 9.84 Å². The Hall–Kier alpha value is -0.110. The van der Waals surface area contributed by atoms with Gasteiger partial charge in [-0.15, -0.1) is 0 Å². The fraction of sp³-hybridized carbons (Fsp3) is 0.250. The number of benzene rings is 1. The molecule has 15 heavy (non-hydrogen) atoms. The molecular formula is C8H10NaO5S. The van der Waals surface area contributed by atoms with Gasteiger partial charge in [0.05, 0.1) is 7.11 Å². The molecule has 1 radical (unpaired) electrons. The van der Waals surface area contributed by atoms with Gasteiger partial charge in [-0.3, -0.25) is 4.55 Å².